The highest BCUT2D eigenvalue weighted by atomic mass is 19.1. The Morgan fingerprint density at radius 1 is 1.45 bits per heavy atom. The summed E-state index contributed by atoms with van der Waals surface area (Å²) in [5.41, 5.74) is 5.94. The molecule has 0 aliphatic rings. The summed E-state index contributed by atoms with van der Waals surface area (Å²) in [4.78, 5) is 14.6. The SMILES string of the molecule is N#Cc1ccc(Nc2ncc(C(=O)O)cc2N)c(F)c1. The number of pyridine rings is 1. The molecule has 0 amide bonds. The van der Waals surface area contributed by atoms with Gasteiger partial charge in [0.25, 0.3) is 0 Å². The van der Waals surface area contributed by atoms with E-state index in [1.165, 1.54) is 18.2 Å². The molecule has 0 aliphatic carbocycles. The first-order valence-electron chi connectivity index (χ1n) is 5.46. The Bertz CT molecular complexity index is 725. The third kappa shape index (κ3) is 2.64. The number of hydrogen-bond donors (Lipinski definition) is 3. The van der Waals surface area contributed by atoms with Crippen LogP contribution in [0.3, 0.4) is 0 Å². The molecule has 0 spiro atoms. The lowest BCUT2D eigenvalue weighted by Gasteiger charge is -2.09. The fourth-order valence-corrected chi connectivity index (χ4v) is 1.52. The first-order chi connectivity index (χ1) is 9.51. The number of nitrogens with two attached hydrogens (primary N) is 1. The van der Waals surface area contributed by atoms with Crippen LogP contribution < -0.4 is 11.1 Å². The summed E-state index contributed by atoms with van der Waals surface area (Å²) in [7, 11) is 0. The highest BCUT2D eigenvalue weighted by molar-refractivity contribution is 5.89. The van der Waals surface area contributed by atoms with E-state index in [0.717, 1.165) is 12.3 Å². The van der Waals surface area contributed by atoms with Crippen LogP contribution in [-0.2, 0) is 0 Å². The van der Waals surface area contributed by atoms with Gasteiger partial charge in [0.2, 0.25) is 0 Å². The van der Waals surface area contributed by atoms with Crippen LogP contribution in [0.1, 0.15) is 15.9 Å². The van der Waals surface area contributed by atoms with Gasteiger partial charge in [-0.05, 0) is 24.3 Å². The Labute approximate surface area is 113 Å². The lowest BCUT2D eigenvalue weighted by molar-refractivity contribution is 0.0696. The van der Waals surface area contributed by atoms with Gasteiger partial charge in [0.15, 0.2) is 5.82 Å². The van der Waals surface area contributed by atoms with Crippen LogP contribution >= 0.6 is 0 Å². The summed E-state index contributed by atoms with van der Waals surface area (Å²) < 4.78 is 13.7. The largest absolute Gasteiger partial charge is 0.478 e. The molecule has 7 heteroatoms. The van der Waals surface area contributed by atoms with Crippen LogP contribution in [0, 0.1) is 17.1 Å². The molecule has 20 heavy (non-hydrogen) atoms. The second kappa shape index (κ2) is 5.24. The number of rotatable bonds is 3. The van der Waals surface area contributed by atoms with E-state index in [4.69, 9.17) is 16.1 Å². The summed E-state index contributed by atoms with van der Waals surface area (Å²) in [6.07, 6.45) is 1.11. The maximum absolute atomic E-state index is 13.7. The van der Waals surface area contributed by atoms with E-state index in [-0.39, 0.29) is 28.3 Å². The number of benzene rings is 1. The molecule has 0 saturated carbocycles. The average Bonchev–Trinajstić information content (AvgIpc) is 2.42. The molecule has 0 unspecified atom stereocenters. The Morgan fingerprint density at radius 3 is 2.75 bits per heavy atom. The van der Waals surface area contributed by atoms with Crippen LogP contribution in [0.4, 0.5) is 21.6 Å². The number of aromatic nitrogens is 1. The summed E-state index contributed by atoms with van der Waals surface area (Å²) in [6, 6.07) is 6.92. The number of hydrogen-bond acceptors (Lipinski definition) is 5. The van der Waals surface area contributed by atoms with E-state index < -0.39 is 11.8 Å². The second-order valence-electron chi connectivity index (χ2n) is 3.90. The molecule has 100 valence electrons. The molecule has 0 saturated heterocycles. The zero-order chi connectivity index (χ0) is 14.7. The predicted octanol–water partition coefficient (Wildman–Crippen LogP) is 2.12. The van der Waals surface area contributed by atoms with Gasteiger partial charge >= 0.3 is 5.97 Å². The molecule has 1 aromatic heterocycles. The number of carbonyl (C=O) groups is 1. The number of nitrogen functional groups attached to an aromatic ring is 1. The van der Waals surface area contributed by atoms with Crippen LogP contribution in [0.2, 0.25) is 0 Å². The smallest absolute Gasteiger partial charge is 0.337 e. The topological polar surface area (TPSA) is 112 Å². The van der Waals surface area contributed by atoms with E-state index in [0.29, 0.717) is 0 Å². The third-order valence-corrected chi connectivity index (χ3v) is 2.52. The van der Waals surface area contributed by atoms with Gasteiger partial charge < -0.3 is 16.2 Å². The molecule has 0 bridgehead atoms. The summed E-state index contributed by atoms with van der Waals surface area (Å²) in [5, 5.41) is 20.1. The number of carboxylic acid groups (broad SMARTS) is 1. The number of anilines is 3. The zero-order valence-corrected chi connectivity index (χ0v) is 10.1. The van der Waals surface area contributed by atoms with E-state index in [1.54, 1.807) is 0 Å². The number of halogens is 1. The Morgan fingerprint density at radius 2 is 2.20 bits per heavy atom. The Hall–Kier alpha value is -3.14. The van der Waals surface area contributed by atoms with Crippen molar-refractivity contribution in [3.8, 4) is 6.07 Å². The van der Waals surface area contributed by atoms with Crippen LogP contribution in [-0.4, -0.2) is 16.1 Å². The molecule has 0 fully saturated rings. The first-order valence-corrected chi connectivity index (χ1v) is 5.46. The van der Waals surface area contributed by atoms with Gasteiger partial charge in [-0.1, -0.05) is 0 Å². The van der Waals surface area contributed by atoms with Crippen molar-refractivity contribution >= 4 is 23.2 Å². The molecular weight excluding hydrogens is 263 g/mol. The maximum atomic E-state index is 13.7. The number of nitrogens with zero attached hydrogens (tertiary/aromatic N) is 2. The standard InChI is InChI=1S/C13H9FN4O2/c14-9-3-7(5-15)1-2-11(9)18-12-10(16)4-8(6-17-12)13(19)20/h1-4,6H,16H2,(H,17,18)(H,19,20). The minimum absolute atomic E-state index is 0.0617. The van der Waals surface area contributed by atoms with Gasteiger partial charge in [-0.2, -0.15) is 5.26 Å². The molecule has 0 atom stereocenters. The summed E-state index contributed by atoms with van der Waals surface area (Å²) in [5.74, 6) is -1.65. The lowest BCUT2D eigenvalue weighted by Crippen LogP contribution is -2.04. The molecule has 0 radical (unpaired) electrons. The second-order valence-corrected chi connectivity index (χ2v) is 3.90. The molecule has 6 nitrogen and oxygen atoms in total. The van der Waals surface area contributed by atoms with Gasteiger partial charge in [-0.25, -0.2) is 14.2 Å². The quantitative estimate of drug-likeness (QED) is 0.788. The van der Waals surface area contributed by atoms with Crippen molar-refractivity contribution in [2.75, 3.05) is 11.1 Å². The van der Waals surface area contributed by atoms with Crippen molar-refractivity contribution in [2.24, 2.45) is 0 Å². The lowest BCUT2D eigenvalue weighted by atomic mass is 10.2. The highest BCUT2D eigenvalue weighted by Crippen LogP contribution is 2.24. The predicted molar refractivity (Wildman–Crippen MR) is 70.0 cm³/mol. The van der Waals surface area contributed by atoms with Crippen LogP contribution in [0.15, 0.2) is 30.5 Å². The fourth-order valence-electron chi connectivity index (χ4n) is 1.52. The van der Waals surface area contributed by atoms with E-state index >= 15 is 0 Å². The number of carboxylic acids is 1. The highest BCUT2D eigenvalue weighted by Gasteiger charge is 2.10. The first kappa shape index (κ1) is 13.3. The fraction of sp³-hybridized carbons (Fsp3) is 0. The van der Waals surface area contributed by atoms with Crippen molar-refractivity contribution in [1.29, 1.82) is 5.26 Å². The van der Waals surface area contributed by atoms with Crippen LogP contribution in [0.25, 0.3) is 0 Å². The monoisotopic (exact) mass is 272 g/mol. The van der Waals surface area contributed by atoms with Gasteiger partial charge in [0.1, 0.15) is 5.82 Å². The number of nitriles is 1. The Kier molecular flexibility index (Phi) is 3.48. The minimum Gasteiger partial charge on any atom is -0.478 e. The molecule has 1 aromatic carbocycles. The van der Waals surface area contributed by atoms with Gasteiger partial charge in [-0.3, -0.25) is 0 Å². The molecule has 4 N–H and O–H groups in total. The molecule has 1 heterocycles. The number of nitrogens with one attached hydrogen (secondary N) is 1. The van der Waals surface area contributed by atoms with E-state index in [2.05, 4.69) is 10.3 Å². The van der Waals surface area contributed by atoms with Gasteiger partial charge in [0.05, 0.1) is 28.6 Å². The normalized spacial score (nSPS) is 9.80. The molecular formula is C13H9FN4O2. The van der Waals surface area contributed by atoms with Crippen molar-refractivity contribution in [1.82, 2.24) is 4.98 Å². The maximum Gasteiger partial charge on any atom is 0.337 e. The minimum atomic E-state index is -1.15. The van der Waals surface area contributed by atoms with Gasteiger partial charge in [0, 0.05) is 6.20 Å². The summed E-state index contributed by atoms with van der Waals surface area (Å²) in [6.45, 7) is 0. The van der Waals surface area contributed by atoms with Crippen molar-refractivity contribution in [3.05, 3.63) is 47.4 Å². The van der Waals surface area contributed by atoms with E-state index in [9.17, 15) is 9.18 Å². The molecule has 2 aromatic rings. The average molecular weight is 272 g/mol. The third-order valence-electron chi connectivity index (χ3n) is 2.52. The zero-order valence-electron chi connectivity index (χ0n) is 10.1. The van der Waals surface area contributed by atoms with Crippen molar-refractivity contribution in [3.63, 3.8) is 0 Å². The molecule has 0 aliphatic heterocycles. The number of aromatic carboxylic acids is 1. The van der Waals surface area contributed by atoms with Gasteiger partial charge in [-0.15, -0.1) is 0 Å². The van der Waals surface area contributed by atoms with Crippen molar-refractivity contribution < 1.29 is 14.3 Å². The van der Waals surface area contributed by atoms with Crippen LogP contribution in [0.5, 0.6) is 0 Å². The van der Waals surface area contributed by atoms with Crippen molar-refractivity contribution in [2.45, 2.75) is 0 Å². The summed E-state index contributed by atoms with van der Waals surface area (Å²) >= 11 is 0. The molecule has 2 rings (SSSR count). The van der Waals surface area contributed by atoms with E-state index in [1.807, 2.05) is 6.07 Å². The Balaban J connectivity index is 2.31.